The van der Waals surface area contributed by atoms with Crippen molar-refractivity contribution in [3.63, 3.8) is 0 Å². The number of piperidine rings is 1. The van der Waals surface area contributed by atoms with E-state index in [2.05, 4.69) is 10.0 Å². The van der Waals surface area contributed by atoms with Gasteiger partial charge in [-0.25, -0.2) is 8.78 Å². The molecular formula is C11H12F2N4OS. The van der Waals surface area contributed by atoms with Crippen LogP contribution in [0.1, 0.15) is 27.4 Å². The van der Waals surface area contributed by atoms with Gasteiger partial charge in [0.2, 0.25) is 0 Å². The van der Waals surface area contributed by atoms with Gasteiger partial charge in [-0.1, -0.05) is 5.11 Å². The van der Waals surface area contributed by atoms with E-state index in [0.717, 1.165) is 4.88 Å². The van der Waals surface area contributed by atoms with Gasteiger partial charge in [-0.15, -0.1) is 11.3 Å². The Bertz CT molecular complexity index is 515. The summed E-state index contributed by atoms with van der Waals surface area (Å²) >= 11 is 1.23. The molecule has 102 valence electrons. The number of likely N-dealkylation sites (tertiary alicyclic amines) is 1. The lowest BCUT2D eigenvalue weighted by atomic mass is 10.1. The molecule has 2 rings (SSSR count). The Morgan fingerprint density at radius 2 is 2.16 bits per heavy atom. The molecule has 19 heavy (non-hydrogen) atoms. The number of thiophene rings is 1. The van der Waals surface area contributed by atoms with Crippen LogP contribution in [0.4, 0.5) is 8.78 Å². The van der Waals surface area contributed by atoms with Crippen LogP contribution in [0.3, 0.4) is 0 Å². The number of azide groups is 1. The molecular weight excluding hydrogens is 274 g/mol. The molecule has 2 heterocycles. The molecule has 0 saturated carbocycles. The van der Waals surface area contributed by atoms with Crippen molar-refractivity contribution in [3.8, 4) is 0 Å². The van der Waals surface area contributed by atoms with E-state index in [1.165, 1.54) is 16.2 Å². The fourth-order valence-corrected chi connectivity index (χ4v) is 2.77. The first kappa shape index (κ1) is 13.8. The fourth-order valence-electron chi connectivity index (χ4n) is 1.87. The maximum atomic E-state index is 13.0. The molecule has 1 aliphatic rings. The highest BCUT2D eigenvalue weighted by molar-refractivity contribution is 7.14. The molecule has 1 amide bonds. The zero-order valence-electron chi connectivity index (χ0n) is 10.1. The summed E-state index contributed by atoms with van der Waals surface area (Å²) in [5.41, 5.74) is 8.21. The second-order valence-corrected chi connectivity index (χ2v) is 5.47. The molecule has 1 saturated heterocycles. The molecule has 8 heteroatoms. The third-order valence-corrected chi connectivity index (χ3v) is 4.00. The summed E-state index contributed by atoms with van der Waals surface area (Å²) in [6, 6.07) is 3.35. The van der Waals surface area contributed by atoms with Crippen molar-refractivity contribution in [1.82, 2.24) is 4.90 Å². The molecule has 0 bridgehead atoms. The number of carbonyl (C=O) groups is 1. The average Bonchev–Trinajstić information content (AvgIpc) is 2.84. The molecule has 5 nitrogen and oxygen atoms in total. The van der Waals surface area contributed by atoms with E-state index in [1.54, 1.807) is 12.1 Å². The molecule has 0 aliphatic carbocycles. The Labute approximate surface area is 112 Å². The second-order valence-electron chi connectivity index (χ2n) is 4.30. The number of nitrogens with zero attached hydrogens (tertiary/aromatic N) is 4. The van der Waals surface area contributed by atoms with Crippen LogP contribution in [-0.4, -0.2) is 29.8 Å². The predicted octanol–water partition coefficient (Wildman–Crippen LogP) is 3.43. The SMILES string of the molecule is [N-]=[N+]=NCc1ccc(C(=O)N2CCC(F)(F)CC2)s1. The van der Waals surface area contributed by atoms with E-state index in [4.69, 9.17) is 5.53 Å². The number of carbonyl (C=O) groups excluding carboxylic acids is 1. The molecule has 0 aromatic carbocycles. The van der Waals surface area contributed by atoms with E-state index in [9.17, 15) is 13.6 Å². The van der Waals surface area contributed by atoms with Crippen LogP contribution < -0.4 is 0 Å². The molecule has 1 aromatic heterocycles. The van der Waals surface area contributed by atoms with Gasteiger partial charge in [-0.3, -0.25) is 4.79 Å². The van der Waals surface area contributed by atoms with Gasteiger partial charge >= 0.3 is 0 Å². The Balaban J connectivity index is 2.00. The van der Waals surface area contributed by atoms with E-state index < -0.39 is 5.92 Å². The first-order valence-electron chi connectivity index (χ1n) is 5.78. The molecule has 1 aromatic rings. The lowest BCUT2D eigenvalue weighted by Crippen LogP contribution is -2.42. The number of hydrogen-bond acceptors (Lipinski definition) is 3. The highest BCUT2D eigenvalue weighted by Gasteiger charge is 2.35. The van der Waals surface area contributed by atoms with Crippen LogP contribution in [0, 0.1) is 0 Å². The molecule has 0 N–H and O–H groups in total. The van der Waals surface area contributed by atoms with E-state index >= 15 is 0 Å². The van der Waals surface area contributed by atoms with Crippen LogP contribution in [0.2, 0.25) is 0 Å². The molecule has 0 spiro atoms. The molecule has 0 atom stereocenters. The minimum absolute atomic E-state index is 0.0788. The molecule has 0 unspecified atom stereocenters. The molecule has 1 fully saturated rings. The summed E-state index contributed by atoms with van der Waals surface area (Å²) in [4.78, 5) is 17.4. The minimum atomic E-state index is -2.65. The Kier molecular flexibility index (Phi) is 4.01. The third-order valence-electron chi connectivity index (χ3n) is 2.94. The highest BCUT2D eigenvalue weighted by Crippen LogP contribution is 2.29. The van der Waals surface area contributed by atoms with Crippen molar-refractivity contribution in [2.24, 2.45) is 5.11 Å². The van der Waals surface area contributed by atoms with Crippen LogP contribution >= 0.6 is 11.3 Å². The van der Waals surface area contributed by atoms with Crippen molar-refractivity contribution in [2.75, 3.05) is 13.1 Å². The van der Waals surface area contributed by atoms with Crippen LogP contribution in [-0.2, 0) is 6.54 Å². The third kappa shape index (κ3) is 3.42. The quantitative estimate of drug-likeness (QED) is 0.477. The average molecular weight is 286 g/mol. The standard InChI is InChI=1S/C11H12F2N4OS/c12-11(13)3-5-17(6-4-11)10(18)9-2-1-8(19-9)7-15-16-14/h1-2H,3-7H2. The van der Waals surface area contributed by atoms with Crippen LogP contribution in [0.15, 0.2) is 17.2 Å². The second kappa shape index (κ2) is 5.54. The first-order valence-corrected chi connectivity index (χ1v) is 6.60. The number of alkyl halides is 2. The first-order chi connectivity index (χ1) is 9.02. The zero-order chi connectivity index (χ0) is 13.9. The van der Waals surface area contributed by atoms with Crippen molar-refractivity contribution < 1.29 is 13.6 Å². The topological polar surface area (TPSA) is 69.1 Å². The van der Waals surface area contributed by atoms with E-state index in [0.29, 0.717) is 4.88 Å². The van der Waals surface area contributed by atoms with Crippen molar-refractivity contribution in [1.29, 1.82) is 0 Å². The smallest absolute Gasteiger partial charge is 0.263 e. The van der Waals surface area contributed by atoms with Crippen molar-refractivity contribution in [2.45, 2.75) is 25.3 Å². The van der Waals surface area contributed by atoms with Gasteiger partial charge in [0.15, 0.2) is 0 Å². The van der Waals surface area contributed by atoms with Gasteiger partial charge in [0, 0.05) is 35.7 Å². The van der Waals surface area contributed by atoms with Gasteiger partial charge in [0.1, 0.15) is 0 Å². The number of amides is 1. The normalized spacial score (nSPS) is 17.9. The number of rotatable bonds is 3. The number of hydrogen-bond donors (Lipinski definition) is 0. The lowest BCUT2D eigenvalue weighted by Gasteiger charge is -2.31. The van der Waals surface area contributed by atoms with Gasteiger partial charge < -0.3 is 4.90 Å². The van der Waals surface area contributed by atoms with E-state index in [1.807, 2.05) is 0 Å². The summed E-state index contributed by atoms with van der Waals surface area (Å²) in [5.74, 6) is -2.88. The van der Waals surface area contributed by atoms with Crippen molar-refractivity contribution >= 4 is 17.2 Å². The summed E-state index contributed by atoms with van der Waals surface area (Å²) in [7, 11) is 0. The summed E-state index contributed by atoms with van der Waals surface area (Å²) in [6.45, 7) is 0.358. The zero-order valence-corrected chi connectivity index (χ0v) is 10.9. The Morgan fingerprint density at radius 3 is 2.79 bits per heavy atom. The Hall–Kier alpha value is -1.66. The van der Waals surface area contributed by atoms with Gasteiger partial charge in [-0.05, 0) is 17.7 Å². The minimum Gasteiger partial charge on any atom is -0.338 e. The highest BCUT2D eigenvalue weighted by atomic mass is 32.1. The van der Waals surface area contributed by atoms with Crippen LogP contribution in [0.5, 0.6) is 0 Å². The molecule has 0 radical (unpaired) electrons. The summed E-state index contributed by atoms with van der Waals surface area (Å²) in [5, 5.41) is 3.41. The Morgan fingerprint density at radius 1 is 1.47 bits per heavy atom. The predicted molar refractivity (Wildman–Crippen MR) is 67.3 cm³/mol. The summed E-state index contributed by atoms with van der Waals surface area (Å²) < 4.78 is 26.0. The fraction of sp³-hybridized carbons (Fsp3) is 0.545. The van der Waals surface area contributed by atoms with Gasteiger partial charge in [0.05, 0.1) is 11.4 Å². The van der Waals surface area contributed by atoms with Crippen molar-refractivity contribution in [3.05, 3.63) is 32.3 Å². The number of halogens is 2. The maximum Gasteiger partial charge on any atom is 0.263 e. The monoisotopic (exact) mass is 286 g/mol. The van der Waals surface area contributed by atoms with Gasteiger partial charge in [0.25, 0.3) is 11.8 Å². The molecule has 1 aliphatic heterocycles. The largest absolute Gasteiger partial charge is 0.338 e. The lowest BCUT2D eigenvalue weighted by molar-refractivity contribution is -0.0493. The van der Waals surface area contributed by atoms with Crippen LogP contribution in [0.25, 0.3) is 10.4 Å². The maximum absolute atomic E-state index is 13.0. The summed E-state index contributed by atoms with van der Waals surface area (Å²) in [6.07, 6.45) is -0.564. The van der Waals surface area contributed by atoms with Gasteiger partial charge in [-0.2, -0.15) is 0 Å². The van der Waals surface area contributed by atoms with E-state index in [-0.39, 0.29) is 38.4 Å².